The number of carboxylic acids is 1. The van der Waals surface area contributed by atoms with Crippen LogP contribution in [0.15, 0.2) is 24.3 Å². The van der Waals surface area contributed by atoms with E-state index in [1.165, 1.54) is 0 Å². The van der Waals surface area contributed by atoms with Gasteiger partial charge in [-0.3, -0.25) is 9.59 Å². The molecule has 1 aliphatic rings. The molecule has 1 heterocycles. The Hall–Kier alpha value is -2.04. The molecule has 1 saturated heterocycles. The maximum absolute atomic E-state index is 11.2. The number of carbonyl (C=O) groups is 2. The Morgan fingerprint density at radius 2 is 2.00 bits per heavy atom. The lowest BCUT2D eigenvalue weighted by Gasteiger charge is -2.15. The second kappa shape index (κ2) is 5.30. The largest absolute Gasteiger partial charge is 0.491 e. The van der Waals surface area contributed by atoms with Gasteiger partial charge < -0.3 is 14.6 Å². The molecule has 19 heavy (non-hydrogen) atoms. The third kappa shape index (κ3) is 3.05. The van der Waals surface area contributed by atoms with Crippen LogP contribution in [0.5, 0.6) is 5.75 Å². The van der Waals surface area contributed by atoms with Gasteiger partial charge in [0.15, 0.2) is 0 Å². The van der Waals surface area contributed by atoms with Gasteiger partial charge in [-0.25, -0.2) is 0 Å². The summed E-state index contributed by atoms with van der Waals surface area (Å²) in [6, 6.07) is 6.97. The Morgan fingerprint density at radius 3 is 2.53 bits per heavy atom. The second-order valence-electron chi connectivity index (χ2n) is 4.79. The number of esters is 1. The van der Waals surface area contributed by atoms with E-state index in [1.807, 2.05) is 13.8 Å². The van der Waals surface area contributed by atoms with E-state index < -0.39 is 24.0 Å². The fraction of sp³-hybridized carbons (Fsp3) is 0.429. The predicted molar refractivity (Wildman–Crippen MR) is 66.8 cm³/mol. The molecular formula is C14H16O5. The zero-order valence-electron chi connectivity index (χ0n) is 10.8. The van der Waals surface area contributed by atoms with Crippen molar-refractivity contribution in [1.29, 1.82) is 0 Å². The van der Waals surface area contributed by atoms with Gasteiger partial charge in [0.05, 0.1) is 12.5 Å². The van der Waals surface area contributed by atoms with Crippen molar-refractivity contribution < 1.29 is 24.2 Å². The molecule has 0 aromatic heterocycles. The van der Waals surface area contributed by atoms with Gasteiger partial charge in [-0.15, -0.1) is 0 Å². The van der Waals surface area contributed by atoms with Crippen molar-refractivity contribution in [2.45, 2.75) is 32.5 Å². The van der Waals surface area contributed by atoms with Gasteiger partial charge in [0.2, 0.25) is 0 Å². The summed E-state index contributed by atoms with van der Waals surface area (Å²) in [5, 5.41) is 9.08. The Bertz CT molecular complexity index is 477. The smallest absolute Gasteiger partial charge is 0.311 e. The lowest BCUT2D eigenvalue weighted by atomic mass is 9.95. The van der Waals surface area contributed by atoms with Crippen LogP contribution in [0.1, 0.15) is 31.9 Å². The maximum Gasteiger partial charge on any atom is 0.311 e. The van der Waals surface area contributed by atoms with Gasteiger partial charge in [0.1, 0.15) is 17.8 Å². The first kappa shape index (κ1) is 13.4. The summed E-state index contributed by atoms with van der Waals surface area (Å²) in [4.78, 5) is 22.3. The highest BCUT2D eigenvalue weighted by atomic mass is 16.6. The lowest BCUT2D eigenvalue weighted by Crippen LogP contribution is -2.17. The van der Waals surface area contributed by atoms with Crippen molar-refractivity contribution in [2.75, 3.05) is 0 Å². The molecule has 0 spiro atoms. The van der Waals surface area contributed by atoms with E-state index in [4.69, 9.17) is 14.6 Å². The average Bonchev–Trinajstić information content (AvgIpc) is 2.72. The average molecular weight is 264 g/mol. The molecule has 5 nitrogen and oxygen atoms in total. The summed E-state index contributed by atoms with van der Waals surface area (Å²) in [5.41, 5.74) is 0.675. The fourth-order valence-corrected chi connectivity index (χ4v) is 2.08. The van der Waals surface area contributed by atoms with Gasteiger partial charge in [-0.2, -0.15) is 0 Å². The van der Waals surface area contributed by atoms with Crippen molar-refractivity contribution in [2.24, 2.45) is 5.92 Å². The number of cyclic esters (lactones) is 1. The molecule has 0 saturated carbocycles. The Balaban J connectivity index is 2.17. The van der Waals surface area contributed by atoms with E-state index in [9.17, 15) is 9.59 Å². The van der Waals surface area contributed by atoms with Crippen LogP contribution in [-0.4, -0.2) is 23.1 Å². The maximum atomic E-state index is 11.2. The Kier molecular flexibility index (Phi) is 3.74. The third-order valence-electron chi connectivity index (χ3n) is 2.91. The van der Waals surface area contributed by atoms with Gasteiger partial charge in [0.25, 0.3) is 0 Å². The molecule has 0 bridgehead atoms. The molecule has 1 aromatic carbocycles. The van der Waals surface area contributed by atoms with E-state index in [-0.39, 0.29) is 12.5 Å². The molecule has 0 unspecified atom stereocenters. The Morgan fingerprint density at radius 1 is 1.37 bits per heavy atom. The van der Waals surface area contributed by atoms with Crippen molar-refractivity contribution >= 4 is 11.9 Å². The second-order valence-corrected chi connectivity index (χ2v) is 4.79. The molecule has 1 N–H and O–H groups in total. The predicted octanol–water partition coefficient (Wildman–Crippen LogP) is 2.16. The van der Waals surface area contributed by atoms with E-state index in [0.29, 0.717) is 11.3 Å². The molecule has 1 aromatic rings. The standard InChI is InChI=1S/C14H16O5/c1-8(2)18-10-5-3-9(4-6-10)13-11(14(16)17)7-12(15)19-13/h3-6,8,11,13H,7H2,1-2H3,(H,16,17)/t11-,13+/m1/s1. The highest BCUT2D eigenvalue weighted by molar-refractivity contribution is 5.82. The van der Waals surface area contributed by atoms with Crippen LogP contribution in [0, 0.1) is 5.92 Å². The molecule has 1 aliphatic heterocycles. The van der Waals surface area contributed by atoms with E-state index in [2.05, 4.69) is 0 Å². The number of carboxylic acid groups (broad SMARTS) is 1. The fourth-order valence-electron chi connectivity index (χ4n) is 2.08. The van der Waals surface area contributed by atoms with Gasteiger partial charge in [0, 0.05) is 0 Å². The summed E-state index contributed by atoms with van der Waals surface area (Å²) in [5.74, 6) is -1.60. The van der Waals surface area contributed by atoms with Crippen LogP contribution < -0.4 is 4.74 Å². The van der Waals surface area contributed by atoms with Crippen LogP contribution >= 0.6 is 0 Å². The summed E-state index contributed by atoms with van der Waals surface area (Å²) in [6.07, 6.45) is -0.718. The van der Waals surface area contributed by atoms with E-state index in [1.54, 1.807) is 24.3 Å². The molecular weight excluding hydrogens is 248 g/mol. The van der Waals surface area contributed by atoms with Gasteiger partial charge >= 0.3 is 11.9 Å². The molecule has 0 radical (unpaired) electrons. The molecule has 0 amide bonds. The molecule has 2 rings (SSSR count). The number of ether oxygens (including phenoxy) is 2. The normalized spacial score (nSPS) is 22.4. The number of hydrogen-bond acceptors (Lipinski definition) is 4. The van der Waals surface area contributed by atoms with Crippen LogP contribution in [0.3, 0.4) is 0 Å². The monoisotopic (exact) mass is 264 g/mol. The molecule has 2 atom stereocenters. The number of carbonyl (C=O) groups excluding carboxylic acids is 1. The number of benzene rings is 1. The first-order chi connectivity index (χ1) is 8.97. The zero-order chi connectivity index (χ0) is 14.0. The zero-order valence-corrected chi connectivity index (χ0v) is 10.8. The van der Waals surface area contributed by atoms with Gasteiger partial charge in [-0.05, 0) is 31.5 Å². The first-order valence-electron chi connectivity index (χ1n) is 6.16. The Labute approximate surface area is 111 Å². The van der Waals surface area contributed by atoms with Crippen LogP contribution in [0.4, 0.5) is 0 Å². The van der Waals surface area contributed by atoms with Crippen molar-refractivity contribution in [1.82, 2.24) is 0 Å². The topological polar surface area (TPSA) is 72.8 Å². The highest BCUT2D eigenvalue weighted by Crippen LogP contribution is 2.36. The summed E-state index contributed by atoms with van der Waals surface area (Å²) >= 11 is 0. The first-order valence-corrected chi connectivity index (χ1v) is 6.16. The lowest BCUT2D eigenvalue weighted by molar-refractivity contribution is -0.144. The molecule has 102 valence electrons. The van der Waals surface area contributed by atoms with Crippen LogP contribution in [0.2, 0.25) is 0 Å². The number of hydrogen-bond donors (Lipinski definition) is 1. The minimum atomic E-state index is -1.02. The summed E-state index contributed by atoms with van der Waals surface area (Å²) in [6.45, 7) is 3.85. The summed E-state index contributed by atoms with van der Waals surface area (Å²) in [7, 11) is 0. The number of aliphatic carboxylic acids is 1. The van der Waals surface area contributed by atoms with Crippen molar-refractivity contribution in [3.05, 3.63) is 29.8 Å². The quantitative estimate of drug-likeness (QED) is 0.844. The number of rotatable bonds is 4. The third-order valence-corrected chi connectivity index (χ3v) is 2.91. The van der Waals surface area contributed by atoms with Crippen molar-refractivity contribution in [3.63, 3.8) is 0 Å². The minimum absolute atomic E-state index is 0.0712. The van der Waals surface area contributed by atoms with Crippen molar-refractivity contribution in [3.8, 4) is 5.75 Å². The van der Waals surface area contributed by atoms with E-state index >= 15 is 0 Å². The molecule has 0 aliphatic carbocycles. The highest BCUT2D eigenvalue weighted by Gasteiger charge is 2.40. The van der Waals surface area contributed by atoms with Gasteiger partial charge in [-0.1, -0.05) is 12.1 Å². The SMILES string of the molecule is CC(C)Oc1ccc([C@@H]2OC(=O)C[C@H]2C(=O)O)cc1. The van der Waals surface area contributed by atoms with E-state index in [0.717, 1.165) is 0 Å². The molecule has 5 heteroatoms. The van der Waals surface area contributed by atoms with Crippen LogP contribution in [-0.2, 0) is 14.3 Å². The van der Waals surface area contributed by atoms with Crippen LogP contribution in [0.25, 0.3) is 0 Å². The summed E-state index contributed by atoms with van der Waals surface area (Å²) < 4.78 is 10.6. The minimum Gasteiger partial charge on any atom is -0.491 e. The molecule has 1 fully saturated rings.